The summed E-state index contributed by atoms with van der Waals surface area (Å²) in [5.74, 6) is 0.882. The zero-order chi connectivity index (χ0) is 23.2. The molecule has 0 aliphatic carbocycles. The van der Waals surface area contributed by atoms with Gasteiger partial charge in [0.15, 0.2) is 11.7 Å². The van der Waals surface area contributed by atoms with Crippen molar-refractivity contribution in [3.63, 3.8) is 0 Å². The third-order valence-electron chi connectivity index (χ3n) is 6.67. The number of carbonyl (C=O) groups excluding carboxylic acids is 3. The first-order chi connectivity index (χ1) is 16.6. The van der Waals surface area contributed by atoms with Gasteiger partial charge in [0.05, 0.1) is 13.2 Å². The molecule has 2 saturated heterocycles. The van der Waals surface area contributed by atoms with Crippen LogP contribution in [0.5, 0.6) is 0 Å². The smallest absolute Gasteiger partial charge is 0.255 e. The fourth-order valence-electron chi connectivity index (χ4n) is 4.80. The van der Waals surface area contributed by atoms with Crippen molar-refractivity contribution in [2.45, 2.75) is 31.8 Å². The maximum Gasteiger partial charge on any atom is 0.255 e. The molecular weight excluding hydrogens is 434 g/mol. The van der Waals surface area contributed by atoms with Crippen molar-refractivity contribution in [2.24, 2.45) is 5.92 Å². The Bertz CT molecular complexity index is 1300. The summed E-state index contributed by atoms with van der Waals surface area (Å²) in [6, 6.07) is 14.8. The highest BCUT2D eigenvalue weighted by molar-refractivity contribution is 6.05. The molecule has 172 valence electrons. The summed E-state index contributed by atoms with van der Waals surface area (Å²) in [7, 11) is 0. The van der Waals surface area contributed by atoms with Gasteiger partial charge in [-0.2, -0.15) is 0 Å². The number of piperidine rings is 1. The van der Waals surface area contributed by atoms with E-state index in [-0.39, 0.29) is 18.2 Å². The number of hydrogen-bond donors (Lipinski definition) is 1. The minimum atomic E-state index is -0.635. The van der Waals surface area contributed by atoms with Crippen LogP contribution in [-0.2, 0) is 27.3 Å². The zero-order valence-corrected chi connectivity index (χ0v) is 18.5. The number of nitrogens with zero attached hydrogens (tertiary/aromatic N) is 2. The van der Waals surface area contributed by atoms with Crippen LogP contribution in [0.4, 0.5) is 0 Å². The van der Waals surface area contributed by atoms with Crippen molar-refractivity contribution < 1.29 is 23.5 Å². The molecule has 8 nitrogen and oxygen atoms in total. The van der Waals surface area contributed by atoms with E-state index in [1.165, 1.54) is 0 Å². The van der Waals surface area contributed by atoms with E-state index in [4.69, 9.17) is 14.1 Å². The predicted octanol–water partition coefficient (Wildman–Crippen LogP) is 2.96. The first-order valence-electron chi connectivity index (χ1n) is 11.5. The third-order valence-corrected chi connectivity index (χ3v) is 6.67. The lowest BCUT2D eigenvalue weighted by molar-refractivity contribution is -0.136. The molecule has 3 aromatic rings. The molecule has 0 radical (unpaired) electrons. The summed E-state index contributed by atoms with van der Waals surface area (Å²) < 4.78 is 11.5. The Morgan fingerprint density at radius 2 is 1.85 bits per heavy atom. The maximum absolute atomic E-state index is 13.0. The van der Waals surface area contributed by atoms with Crippen molar-refractivity contribution >= 4 is 17.7 Å². The van der Waals surface area contributed by atoms with Gasteiger partial charge in [-0.05, 0) is 24.1 Å². The molecule has 34 heavy (non-hydrogen) atoms. The molecule has 1 N–H and O–H groups in total. The number of imide groups is 1. The molecule has 8 heteroatoms. The average Bonchev–Trinajstić information content (AvgIpc) is 3.38. The number of carbonyl (C=O) groups is 3. The van der Waals surface area contributed by atoms with Crippen LogP contribution in [0.25, 0.3) is 22.6 Å². The van der Waals surface area contributed by atoms with E-state index in [1.54, 1.807) is 11.0 Å². The van der Waals surface area contributed by atoms with Gasteiger partial charge in [-0.25, -0.2) is 4.98 Å². The first-order valence-corrected chi connectivity index (χ1v) is 11.5. The predicted molar refractivity (Wildman–Crippen MR) is 121 cm³/mol. The summed E-state index contributed by atoms with van der Waals surface area (Å²) in [5.41, 5.74) is 3.93. The quantitative estimate of drug-likeness (QED) is 0.591. The molecule has 4 heterocycles. The molecule has 3 amide bonds. The molecule has 2 fully saturated rings. The normalized spacial score (nSPS) is 20.3. The third kappa shape index (κ3) is 3.60. The Balaban J connectivity index is 1.34. The minimum Gasteiger partial charge on any atom is -0.440 e. The molecule has 3 aliphatic rings. The van der Waals surface area contributed by atoms with Crippen LogP contribution in [0.3, 0.4) is 0 Å². The topological polar surface area (TPSA) is 102 Å². The van der Waals surface area contributed by atoms with Crippen LogP contribution in [0.15, 0.2) is 52.9 Å². The number of aromatic nitrogens is 1. The van der Waals surface area contributed by atoms with Gasteiger partial charge in [-0.1, -0.05) is 36.4 Å². The standard InChI is InChI=1S/C26H23N3O5/c30-21-9-8-20(25(31)27-21)29-12-18-11-17(6-7-19(18)26(29)32)23-24(16-4-2-1-3-5-16)34-22(28-23)10-15-13-33-14-15/h1-7,11,15,20H,8-10,12-14H2,(H,27,30,31). The van der Waals surface area contributed by atoms with Gasteiger partial charge < -0.3 is 14.1 Å². The molecule has 3 aliphatic heterocycles. The van der Waals surface area contributed by atoms with Crippen LogP contribution in [0.1, 0.15) is 34.7 Å². The van der Waals surface area contributed by atoms with E-state index in [0.717, 1.165) is 35.6 Å². The highest BCUT2D eigenvalue weighted by Crippen LogP contribution is 2.36. The Morgan fingerprint density at radius 1 is 1.03 bits per heavy atom. The molecule has 1 unspecified atom stereocenters. The van der Waals surface area contributed by atoms with Crippen molar-refractivity contribution in [1.82, 2.24) is 15.2 Å². The van der Waals surface area contributed by atoms with Crippen molar-refractivity contribution in [3.05, 3.63) is 65.5 Å². The lowest BCUT2D eigenvalue weighted by Crippen LogP contribution is -2.52. The minimum absolute atomic E-state index is 0.190. The van der Waals surface area contributed by atoms with Crippen LogP contribution < -0.4 is 5.32 Å². The number of nitrogens with one attached hydrogen (secondary N) is 1. The van der Waals surface area contributed by atoms with Crippen LogP contribution in [0.2, 0.25) is 0 Å². The lowest BCUT2D eigenvalue weighted by atomic mass is 10.0. The van der Waals surface area contributed by atoms with Gasteiger partial charge >= 0.3 is 0 Å². The monoisotopic (exact) mass is 457 g/mol. The molecule has 0 bridgehead atoms. The van der Waals surface area contributed by atoms with E-state index < -0.39 is 11.9 Å². The van der Waals surface area contributed by atoms with Gasteiger partial charge in [0, 0.05) is 42.0 Å². The van der Waals surface area contributed by atoms with Crippen molar-refractivity contribution in [2.75, 3.05) is 13.2 Å². The summed E-state index contributed by atoms with van der Waals surface area (Å²) in [4.78, 5) is 43.3. The van der Waals surface area contributed by atoms with E-state index in [9.17, 15) is 14.4 Å². The molecule has 1 atom stereocenters. The molecule has 2 aromatic carbocycles. The van der Waals surface area contributed by atoms with Gasteiger partial charge in [0.2, 0.25) is 11.8 Å². The number of fused-ring (bicyclic) bond motifs is 1. The van der Waals surface area contributed by atoms with Crippen molar-refractivity contribution in [1.29, 1.82) is 0 Å². The summed E-state index contributed by atoms with van der Waals surface area (Å²) in [6.45, 7) is 1.75. The van der Waals surface area contributed by atoms with Gasteiger partial charge in [0.1, 0.15) is 11.7 Å². The number of amides is 3. The highest BCUT2D eigenvalue weighted by atomic mass is 16.5. The molecular formula is C26H23N3O5. The van der Waals surface area contributed by atoms with E-state index in [1.807, 2.05) is 42.5 Å². The number of benzene rings is 2. The fourth-order valence-corrected chi connectivity index (χ4v) is 4.80. The Labute approximate surface area is 195 Å². The Kier molecular flexibility index (Phi) is 5.03. The molecule has 0 spiro atoms. The largest absolute Gasteiger partial charge is 0.440 e. The van der Waals surface area contributed by atoms with Crippen LogP contribution >= 0.6 is 0 Å². The first kappa shape index (κ1) is 20.8. The van der Waals surface area contributed by atoms with E-state index in [0.29, 0.717) is 42.5 Å². The summed E-state index contributed by atoms with van der Waals surface area (Å²) in [5, 5.41) is 2.34. The van der Waals surface area contributed by atoms with Crippen molar-refractivity contribution in [3.8, 4) is 22.6 Å². The fraction of sp³-hybridized carbons (Fsp3) is 0.308. The number of oxazole rings is 1. The zero-order valence-electron chi connectivity index (χ0n) is 18.5. The van der Waals surface area contributed by atoms with E-state index in [2.05, 4.69) is 5.32 Å². The molecule has 6 rings (SSSR count). The maximum atomic E-state index is 13.0. The lowest BCUT2D eigenvalue weighted by Gasteiger charge is -2.29. The van der Waals surface area contributed by atoms with Gasteiger partial charge in [0.25, 0.3) is 5.91 Å². The molecule has 0 saturated carbocycles. The Morgan fingerprint density at radius 3 is 2.59 bits per heavy atom. The summed E-state index contributed by atoms with van der Waals surface area (Å²) in [6.07, 6.45) is 1.29. The molecule has 1 aromatic heterocycles. The van der Waals surface area contributed by atoms with Gasteiger partial charge in [-0.3, -0.25) is 19.7 Å². The van der Waals surface area contributed by atoms with E-state index >= 15 is 0 Å². The number of rotatable bonds is 5. The van der Waals surface area contributed by atoms with Crippen LogP contribution in [0, 0.1) is 5.92 Å². The number of ether oxygens (including phenoxy) is 1. The van der Waals surface area contributed by atoms with Crippen LogP contribution in [-0.4, -0.2) is 46.9 Å². The second-order valence-corrected chi connectivity index (χ2v) is 9.03. The second-order valence-electron chi connectivity index (χ2n) is 9.03. The summed E-state index contributed by atoms with van der Waals surface area (Å²) >= 11 is 0. The SMILES string of the molecule is O=C1CCC(N2Cc3cc(-c4nc(CC5COC5)oc4-c4ccccc4)ccc3C2=O)C(=O)N1. The van der Waals surface area contributed by atoms with Gasteiger partial charge in [-0.15, -0.1) is 0 Å². The number of hydrogen-bond acceptors (Lipinski definition) is 6. The highest BCUT2D eigenvalue weighted by Gasteiger charge is 2.39. The second kappa shape index (κ2) is 8.22. The Hall–Kier alpha value is -3.78. The average molecular weight is 457 g/mol.